The van der Waals surface area contributed by atoms with Gasteiger partial charge in [-0.3, -0.25) is 14.5 Å². The Balaban J connectivity index is 1.36. The third-order valence-electron chi connectivity index (χ3n) is 7.83. The van der Waals surface area contributed by atoms with Crippen LogP contribution in [0.25, 0.3) is 0 Å². The summed E-state index contributed by atoms with van der Waals surface area (Å²) in [5.41, 5.74) is -0.737. The largest absolute Gasteiger partial charge is 0.341 e. The molecule has 4 rings (SSSR count). The maximum absolute atomic E-state index is 13.4. The molecule has 3 heterocycles. The summed E-state index contributed by atoms with van der Waals surface area (Å²) >= 11 is 0. The van der Waals surface area contributed by atoms with Crippen molar-refractivity contribution >= 4 is 17.8 Å². The van der Waals surface area contributed by atoms with E-state index in [0.29, 0.717) is 37.6 Å². The zero-order valence-corrected chi connectivity index (χ0v) is 19.4. The molecule has 3 aliphatic heterocycles. The fourth-order valence-electron chi connectivity index (χ4n) is 6.10. The van der Waals surface area contributed by atoms with Gasteiger partial charge in [-0.05, 0) is 50.4 Å². The quantitative estimate of drug-likeness (QED) is 0.678. The predicted molar refractivity (Wildman–Crippen MR) is 119 cm³/mol. The summed E-state index contributed by atoms with van der Waals surface area (Å²) in [4.78, 5) is 45.0. The molecule has 4 amide bonds. The summed E-state index contributed by atoms with van der Waals surface area (Å²) in [6, 6.07) is -0.446. The number of likely N-dealkylation sites (tertiary alicyclic amines) is 2. The third-order valence-corrected chi connectivity index (χ3v) is 7.83. The van der Waals surface area contributed by atoms with E-state index in [1.807, 2.05) is 4.90 Å². The number of amides is 4. The second kappa shape index (κ2) is 9.47. The number of piperidine rings is 2. The first kappa shape index (κ1) is 22.6. The molecular formula is C24H40N4O3. The number of carbonyl (C=O) groups is 3. The molecule has 1 saturated carbocycles. The summed E-state index contributed by atoms with van der Waals surface area (Å²) in [5, 5.41) is 3.06. The molecule has 0 bridgehead atoms. The van der Waals surface area contributed by atoms with Crippen LogP contribution >= 0.6 is 0 Å². The molecule has 7 nitrogen and oxygen atoms in total. The summed E-state index contributed by atoms with van der Waals surface area (Å²) in [7, 11) is 0. The average molecular weight is 433 g/mol. The van der Waals surface area contributed by atoms with Crippen molar-refractivity contribution in [3.63, 3.8) is 0 Å². The highest BCUT2D eigenvalue weighted by Gasteiger charge is 2.54. The summed E-state index contributed by atoms with van der Waals surface area (Å²) in [5.74, 6) is 1.25. The first-order chi connectivity index (χ1) is 14.9. The molecule has 1 aliphatic carbocycles. The lowest BCUT2D eigenvalue weighted by atomic mass is 9.86. The van der Waals surface area contributed by atoms with Gasteiger partial charge >= 0.3 is 6.03 Å². The molecule has 3 saturated heterocycles. The van der Waals surface area contributed by atoms with Crippen molar-refractivity contribution in [1.29, 1.82) is 0 Å². The minimum atomic E-state index is -0.737. The Morgan fingerprint density at radius 1 is 1.03 bits per heavy atom. The fraction of sp³-hybridized carbons (Fsp3) is 0.875. The maximum Gasteiger partial charge on any atom is 0.325 e. The lowest BCUT2D eigenvalue weighted by Gasteiger charge is -2.39. The van der Waals surface area contributed by atoms with Gasteiger partial charge < -0.3 is 15.1 Å². The van der Waals surface area contributed by atoms with Gasteiger partial charge in [0.25, 0.3) is 5.91 Å². The van der Waals surface area contributed by atoms with Crippen LogP contribution in [0.4, 0.5) is 4.79 Å². The molecule has 7 heteroatoms. The van der Waals surface area contributed by atoms with Crippen molar-refractivity contribution < 1.29 is 14.4 Å². The smallest absolute Gasteiger partial charge is 0.325 e. The van der Waals surface area contributed by atoms with E-state index in [0.717, 1.165) is 51.9 Å². The van der Waals surface area contributed by atoms with Crippen molar-refractivity contribution in [3.8, 4) is 0 Å². The van der Waals surface area contributed by atoms with Crippen LogP contribution < -0.4 is 5.32 Å². The van der Waals surface area contributed by atoms with E-state index in [2.05, 4.69) is 24.1 Å². The number of urea groups is 1. The number of imide groups is 1. The monoisotopic (exact) mass is 432 g/mol. The van der Waals surface area contributed by atoms with E-state index in [-0.39, 0.29) is 23.9 Å². The minimum absolute atomic E-state index is 0.0618. The van der Waals surface area contributed by atoms with Crippen LogP contribution in [0.5, 0.6) is 0 Å². The lowest BCUT2D eigenvalue weighted by molar-refractivity contribution is -0.139. The van der Waals surface area contributed by atoms with E-state index in [9.17, 15) is 14.4 Å². The Hall–Kier alpha value is -1.63. The molecule has 1 atom stereocenters. The van der Waals surface area contributed by atoms with Gasteiger partial charge in [-0.25, -0.2) is 4.79 Å². The Bertz CT molecular complexity index is 680. The number of nitrogens with one attached hydrogen (secondary N) is 1. The summed E-state index contributed by atoms with van der Waals surface area (Å²) in [6.07, 6.45) is 9.71. The highest BCUT2D eigenvalue weighted by Crippen LogP contribution is 2.33. The maximum atomic E-state index is 13.4. The van der Waals surface area contributed by atoms with Crippen LogP contribution in [-0.4, -0.2) is 76.8 Å². The number of hydrogen-bond donors (Lipinski definition) is 1. The normalized spacial score (nSPS) is 27.9. The Morgan fingerprint density at radius 2 is 1.74 bits per heavy atom. The molecule has 1 N–H and O–H groups in total. The number of hydrogen-bond acceptors (Lipinski definition) is 4. The van der Waals surface area contributed by atoms with Crippen LogP contribution in [0.2, 0.25) is 0 Å². The van der Waals surface area contributed by atoms with Crippen molar-refractivity contribution in [3.05, 3.63) is 0 Å². The van der Waals surface area contributed by atoms with E-state index >= 15 is 0 Å². The van der Waals surface area contributed by atoms with Gasteiger partial charge in [-0.2, -0.15) is 0 Å². The molecule has 0 aromatic rings. The SMILES string of the molecule is CC(C)CN1CCC2(CC1)NC(=O)N(C1CCCN(C(=O)CC3CCCCC3)C1)C2=O. The second-order valence-electron chi connectivity index (χ2n) is 10.7. The van der Waals surface area contributed by atoms with Gasteiger partial charge in [-0.1, -0.05) is 33.1 Å². The molecular weight excluding hydrogens is 392 g/mol. The van der Waals surface area contributed by atoms with Crippen LogP contribution in [-0.2, 0) is 9.59 Å². The highest BCUT2D eigenvalue weighted by atomic mass is 16.2. The van der Waals surface area contributed by atoms with Crippen molar-refractivity contribution in [2.75, 3.05) is 32.7 Å². The predicted octanol–water partition coefficient (Wildman–Crippen LogP) is 2.99. The summed E-state index contributed by atoms with van der Waals surface area (Å²) < 4.78 is 0. The third kappa shape index (κ3) is 4.91. The van der Waals surface area contributed by atoms with Crippen LogP contribution in [0.3, 0.4) is 0 Å². The average Bonchev–Trinajstić information content (AvgIpc) is 2.99. The fourth-order valence-corrected chi connectivity index (χ4v) is 6.10. The number of nitrogens with zero attached hydrogens (tertiary/aromatic N) is 3. The van der Waals surface area contributed by atoms with Crippen molar-refractivity contribution in [2.45, 2.75) is 89.6 Å². The Kier molecular flexibility index (Phi) is 6.89. The summed E-state index contributed by atoms with van der Waals surface area (Å²) in [6.45, 7) is 8.38. The molecule has 31 heavy (non-hydrogen) atoms. The first-order valence-electron chi connectivity index (χ1n) is 12.5. The molecule has 1 unspecified atom stereocenters. The number of rotatable bonds is 5. The van der Waals surface area contributed by atoms with E-state index < -0.39 is 5.54 Å². The zero-order valence-electron chi connectivity index (χ0n) is 19.4. The van der Waals surface area contributed by atoms with Crippen molar-refractivity contribution in [1.82, 2.24) is 20.0 Å². The second-order valence-corrected chi connectivity index (χ2v) is 10.7. The standard InChI is InChI=1S/C24H40N4O3/c1-18(2)16-26-13-10-24(11-14-26)22(30)28(23(31)25-24)20-9-6-12-27(17-20)21(29)15-19-7-4-3-5-8-19/h18-20H,3-17H2,1-2H3,(H,25,31). The topological polar surface area (TPSA) is 73.0 Å². The molecule has 4 fully saturated rings. The molecule has 0 aromatic carbocycles. The van der Waals surface area contributed by atoms with Gasteiger partial charge in [0.2, 0.25) is 5.91 Å². The lowest BCUT2D eigenvalue weighted by Crippen LogP contribution is -2.56. The number of carbonyl (C=O) groups excluding carboxylic acids is 3. The van der Waals surface area contributed by atoms with E-state index in [4.69, 9.17) is 0 Å². The van der Waals surface area contributed by atoms with Gasteiger partial charge in [0.05, 0.1) is 6.04 Å². The van der Waals surface area contributed by atoms with Gasteiger partial charge in [0, 0.05) is 39.1 Å². The van der Waals surface area contributed by atoms with Crippen LogP contribution in [0.1, 0.15) is 78.1 Å². The molecule has 1 spiro atoms. The van der Waals surface area contributed by atoms with E-state index in [1.54, 1.807) is 0 Å². The molecule has 174 valence electrons. The minimum Gasteiger partial charge on any atom is -0.341 e. The van der Waals surface area contributed by atoms with Gasteiger partial charge in [-0.15, -0.1) is 0 Å². The Morgan fingerprint density at radius 3 is 2.42 bits per heavy atom. The molecule has 0 radical (unpaired) electrons. The first-order valence-corrected chi connectivity index (χ1v) is 12.5. The molecule has 4 aliphatic rings. The van der Waals surface area contributed by atoms with Gasteiger partial charge in [0.1, 0.15) is 5.54 Å². The van der Waals surface area contributed by atoms with Crippen LogP contribution in [0.15, 0.2) is 0 Å². The van der Waals surface area contributed by atoms with Crippen LogP contribution in [0, 0.1) is 11.8 Å². The zero-order chi connectivity index (χ0) is 22.0. The van der Waals surface area contributed by atoms with Gasteiger partial charge in [0.15, 0.2) is 0 Å². The van der Waals surface area contributed by atoms with E-state index in [1.165, 1.54) is 24.2 Å². The van der Waals surface area contributed by atoms with Crippen molar-refractivity contribution in [2.24, 2.45) is 11.8 Å². The molecule has 0 aromatic heterocycles. The highest BCUT2D eigenvalue weighted by molar-refractivity contribution is 6.07. The Labute approximate surface area is 186 Å².